The SMILES string of the molecule is O=S(=O)(c1ccc(F)cc1)c1nc(Cl)c2ccn(CCN3CCOCC3)c2n1. The van der Waals surface area contributed by atoms with Crippen LogP contribution in [0.25, 0.3) is 11.0 Å². The highest BCUT2D eigenvalue weighted by molar-refractivity contribution is 7.91. The summed E-state index contributed by atoms with van der Waals surface area (Å²) < 4.78 is 46.0. The number of aromatic nitrogens is 3. The molecule has 3 aromatic rings. The first-order chi connectivity index (χ1) is 13.4. The first-order valence-electron chi connectivity index (χ1n) is 8.78. The molecular formula is C18H18ClFN4O3S. The Hall–Kier alpha value is -2.07. The molecule has 7 nitrogen and oxygen atoms in total. The molecule has 148 valence electrons. The largest absolute Gasteiger partial charge is 0.379 e. The van der Waals surface area contributed by atoms with Crippen LogP contribution in [0.2, 0.25) is 5.15 Å². The van der Waals surface area contributed by atoms with E-state index in [-0.39, 0.29) is 10.0 Å². The van der Waals surface area contributed by atoms with Crippen LogP contribution in [0.15, 0.2) is 46.6 Å². The van der Waals surface area contributed by atoms with E-state index in [1.165, 1.54) is 12.1 Å². The van der Waals surface area contributed by atoms with Gasteiger partial charge in [0.1, 0.15) is 16.6 Å². The Morgan fingerprint density at radius 1 is 1.07 bits per heavy atom. The number of nitrogens with zero attached hydrogens (tertiary/aromatic N) is 4. The third kappa shape index (κ3) is 3.75. The van der Waals surface area contributed by atoms with Crippen LogP contribution in [0, 0.1) is 5.82 Å². The molecule has 4 rings (SSSR count). The van der Waals surface area contributed by atoms with Crippen LogP contribution in [0.5, 0.6) is 0 Å². The fraction of sp³-hybridized carbons (Fsp3) is 0.333. The molecule has 0 atom stereocenters. The monoisotopic (exact) mass is 424 g/mol. The fourth-order valence-corrected chi connectivity index (χ4v) is 4.50. The van der Waals surface area contributed by atoms with Gasteiger partial charge in [-0.1, -0.05) is 11.6 Å². The normalized spacial score (nSPS) is 15.9. The van der Waals surface area contributed by atoms with Crippen molar-refractivity contribution in [2.45, 2.75) is 16.6 Å². The zero-order chi connectivity index (χ0) is 19.7. The Balaban J connectivity index is 1.67. The van der Waals surface area contributed by atoms with Crippen LogP contribution in [0.1, 0.15) is 0 Å². The lowest BCUT2D eigenvalue weighted by atomic mass is 10.4. The molecule has 3 heterocycles. The predicted octanol–water partition coefficient (Wildman–Crippen LogP) is 2.39. The molecule has 0 saturated carbocycles. The van der Waals surface area contributed by atoms with E-state index >= 15 is 0 Å². The van der Waals surface area contributed by atoms with Gasteiger partial charge >= 0.3 is 0 Å². The number of rotatable bonds is 5. The van der Waals surface area contributed by atoms with Crippen LogP contribution in [-0.4, -0.2) is 60.7 Å². The third-order valence-corrected chi connectivity index (χ3v) is 6.52. The Kier molecular flexibility index (Phi) is 5.33. The Bertz CT molecular complexity index is 1100. The number of morpholine rings is 1. The van der Waals surface area contributed by atoms with Crippen LogP contribution in [0.3, 0.4) is 0 Å². The van der Waals surface area contributed by atoms with Gasteiger partial charge in [0.05, 0.1) is 23.5 Å². The first-order valence-corrected chi connectivity index (χ1v) is 10.6. The number of halogens is 2. The van der Waals surface area contributed by atoms with Gasteiger partial charge in [0.15, 0.2) is 0 Å². The molecule has 0 unspecified atom stereocenters. The quantitative estimate of drug-likeness (QED) is 0.355. The molecule has 1 aliphatic heterocycles. The number of hydrogen-bond donors (Lipinski definition) is 0. The summed E-state index contributed by atoms with van der Waals surface area (Å²) in [6, 6.07) is 6.30. The van der Waals surface area contributed by atoms with Crippen molar-refractivity contribution in [3.8, 4) is 0 Å². The lowest BCUT2D eigenvalue weighted by Gasteiger charge is -2.26. The topological polar surface area (TPSA) is 77.3 Å². The summed E-state index contributed by atoms with van der Waals surface area (Å²) in [6.45, 7) is 4.56. The zero-order valence-corrected chi connectivity index (χ0v) is 16.5. The minimum absolute atomic E-state index is 0.0656. The summed E-state index contributed by atoms with van der Waals surface area (Å²) in [5.74, 6) is -0.523. The third-order valence-electron chi connectivity index (χ3n) is 4.68. The maximum Gasteiger partial charge on any atom is 0.255 e. The second kappa shape index (κ2) is 7.75. The van der Waals surface area contributed by atoms with Crippen molar-refractivity contribution in [2.75, 3.05) is 32.8 Å². The van der Waals surface area contributed by atoms with E-state index in [1.807, 2.05) is 10.8 Å². The van der Waals surface area contributed by atoms with Crippen molar-refractivity contribution in [1.82, 2.24) is 19.4 Å². The van der Waals surface area contributed by atoms with Gasteiger partial charge in [0.25, 0.3) is 5.16 Å². The van der Waals surface area contributed by atoms with E-state index in [9.17, 15) is 12.8 Å². The first kappa shape index (κ1) is 19.3. The summed E-state index contributed by atoms with van der Waals surface area (Å²) in [4.78, 5) is 10.4. The molecule has 1 aliphatic rings. The van der Waals surface area contributed by atoms with Gasteiger partial charge in [-0.15, -0.1) is 0 Å². The van der Waals surface area contributed by atoms with Crippen LogP contribution >= 0.6 is 11.6 Å². The molecule has 0 radical (unpaired) electrons. The highest BCUT2D eigenvalue weighted by Gasteiger charge is 2.24. The van der Waals surface area contributed by atoms with E-state index in [0.717, 1.165) is 31.8 Å². The molecule has 0 spiro atoms. The summed E-state index contributed by atoms with van der Waals surface area (Å²) in [6.07, 6.45) is 1.82. The minimum Gasteiger partial charge on any atom is -0.379 e. The fourth-order valence-electron chi connectivity index (χ4n) is 3.10. The van der Waals surface area contributed by atoms with Gasteiger partial charge in [-0.2, -0.15) is 4.98 Å². The van der Waals surface area contributed by atoms with Crippen LogP contribution in [0.4, 0.5) is 4.39 Å². The lowest BCUT2D eigenvalue weighted by molar-refractivity contribution is 0.0365. The second-order valence-electron chi connectivity index (χ2n) is 6.45. The van der Waals surface area contributed by atoms with Gasteiger partial charge in [0, 0.05) is 32.4 Å². The van der Waals surface area contributed by atoms with Crippen LogP contribution < -0.4 is 0 Å². The molecule has 28 heavy (non-hydrogen) atoms. The van der Waals surface area contributed by atoms with E-state index in [4.69, 9.17) is 16.3 Å². The van der Waals surface area contributed by atoms with E-state index in [0.29, 0.717) is 30.8 Å². The molecule has 10 heteroatoms. The maximum absolute atomic E-state index is 13.1. The number of benzene rings is 1. The smallest absolute Gasteiger partial charge is 0.255 e. The van der Waals surface area contributed by atoms with Crippen molar-refractivity contribution in [3.05, 3.63) is 47.5 Å². The van der Waals surface area contributed by atoms with Gasteiger partial charge < -0.3 is 9.30 Å². The predicted molar refractivity (Wildman–Crippen MR) is 102 cm³/mol. The molecular weight excluding hydrogens is 407 g/mol. The molecule has 1 fully saturated rings. The zero-order valence-electron chi connectivity index (χ0n) is 14.9. The maximum atomic E-state index is 13.1. The lowest BCUT2D eigenvalue weighted by Crippen LogP contribution is -2.38. The molecule has 0 bridgehead atoms. The van der Waals surface area contributed by atoms with Gasteiger partial charge in [-0.05, 0) is 30.3 Å². The second-order valence-corrected chi connectivity index (χ2v) is 8.66. The number of fused-ring (bicyclic) bond motifs is 1. The highest BCUT2D eigenvalue weighted by Crippen LogP contribution is 2.26. The van der Waals surface area contributed by atoms with Gasteiger partial charge in [0.2, 0.25) is 9.84 Å². The van der Waals surface area contributed by atoms with E-state index in [1.54, 1.807) is 6.07 Å². The Morgan fingerprint density at radius 3 is 2.50 bits per heavy atom. The summed E-state index contributed by atoms with van der Waals surface area (Å²) in [5, 5.41) is 0.250. The number of ether oxygens (including phenoxy) is 1. The van der Waals surface area contributed by atoms with Crippen LogP contribution in [-0.2, 0) is 21.1 Å². The summed E-state index contributed by atoms with van der Waals surface area (Å²) in [5.41, 5.74) is 0.453. The van der Waals surface area contributed by atoms with Gasteiger partial charge in [-0.3, -0.25) is 4.90 Å². The van der Waals surface area contributed by atoms with Crippen molar-refractivity contribution in [3.63, 3.8) is 0 Å². The minimum atomic E-state index is -4.01. The van der Waals surface area contributed by atoms with E-state index in [2.05, 4.69) is 14.9 Å². The number of sulfone groups is 1. The molecule has 0 amide bonds. The summed E-state index contributed by atoms with van der Waals surface area (Å²) >= 11 is 6.23. The molecule has 1 saturated heterocycles. The summed E-state index contributed by atoms with van der Waals surface area (Å²) in [7, 11) is -4.01. The molecule has 1 aromatic carbocycles. The van der Waals surface area contributed by atoms with Crippen molar-refractivity contribution < 1.29 is 17.5 Å². The standard InChI is InChI=1S/C18H18ClFN4O3S/c19-16-15-5-6-24(8-7-23-9-11-27-12-10-23)17(15)22-18(21-16)28(25,26)14-3-1-13(20)2-4-14/h1-6H,7-12H2. The number of hydrogen-bond acceptors (Lipinski definition) is 6. The van der Waals surface area contributed by atoms with Crippen molar-refractivity contribution in [2.24, 2.45) is 0 Å². The highest BCUT2D eigenvalue weighted by atomic mass is 35.5. The van der Waals surface area contributed by atoms with E-state index < -0.39 is 20.8 Å². The van der Waals surface area contributed by atoms with Gasteiger partial charge in [-0.25, -0.2) is 17.8 Å². The molecule has 0 aliphatic carbocycles. The van der Waals surface area contributed by atoms with Crippen molar-refractivity contribution >= 4 is 32.5 Å². The molecule has 0 N–H and O–H groups in total. The Labute approximate surface area is 166 Å². The Morgan fingerprint density at radius 2 is 1.79 bits per heavy atom. The molecule has 2 aromatic heterocycles. The average molecular weight is 425 g/mol. The van der Waals surface area contributed by atoms with Crippen molar-refractivity contribution in [1.29, 1.82) is 0 Å². The average Bonchev–Trinajstić information content (AvgIpc) is 3.11.